The second kappa shape index (κ2) is 5.16. The molecule has 1 nitrogen and oxygen atoms in total. The third kappa shape index (κ3) is 2.27. The molecule has 1 heterocycles. The smallest absolute Gasteiger partial charge is 0.0804 e. The van der Waals surface area contributed by atoms with Gasteiger partial charge in [-0.2, -0.15) is 0 Å². The van der Waals surface area contributed by atoms with Gasteiger partial charge in [0.05, 0.1) is 6.10 Å². The van der Waals surface area contributed by atoms with Crippen LogP contribution in [-0.2, 0) is 0 Å². The van der Waals surface area contributed by atoms with Crippen LogP contribution in [0.25, 0.3) is 10.1 Å². The van der Waals surface area contributed by atoms with Gasteiger partial charge in [0.2, 0.25) is 0 Å². The fraction of sp³-hybridized carbons (Fsp3) is 0.286. The van der Waals surface area contributed by atoms with Crippen molar-refractivity contribution in [3.05, 3.63) is 35.2 Å². The van der Waals surface area contributed by atoms with E-state index in [0.717, 1.165) is 24.8 Å². The van der Waals surface area contributed by atoms with Crippen molar-refractivity contribution in [3.63, 3.8) is 0 Å². The van der Waals surface area contributed by atoms with Crippen molar-refractivity contribution in [2.45, 2.75) is 25.4 Å². The number of terminal acetylenes is 1. The average molecular weight is 230 g/mol. The summed E-state index contributed by atoms with van der Waals surface area (Å²) in [5.74, 6) is 2.60. The first-order chi connectivity index (χ1) is 7.83. The van der Waals surface area contributed by atoms with Gasteiger partial charge >= 0.3 is 0 Å². The molecule has 0 spiro atoms. The number of thiophene rings is 1. The molecule has 0 amide bonds. The molecule has 2 aromatic rings. The number of aliphatic hydroxyl groups is 1. The van der Waals surface area contributed by atoms with Gasteiger partial charge in [-0.15, -0.1) is 23.7 Å². The van der Waals surface area contributed by atoms with E-state index in [9.17, 15) is 5.11 Å². The molecule has 0 fully saturated rings. The first-order valence-electron chi connectivity index (χ1n) is 5.40. The van der Waals surface area contributed by atoms with E-state index in [1.807, 2.05) is 17.5 Å². The topological polar surface area (TPSA) is 20.2 Å². The maximum atomic E-state index is 10.1. The van der Waals surface area contributed by atoms with Crippen LogP contribution in [0.3, 0.4) is 0 Å². The van der Waals surface area contributed by atoms with Crippen LogP contribution in [0.15, 0.2) is 29.6 Å². The van der Waals surface area contributed by atoms with Crippen molar-refractivity contribution in [3.8, 4) is 12.3 Å². The van der Waals surface area contributed by atoms with Gasteiger partial charge in [-0.3, -0.25) is 0 Å². The molecule has 0 saturated carbocycles. The van der Waals surface area contributed by atoms with Crippen LogP contribution in [-0.4, -0.2) is 5.11 Å². The molecule has 0 aliphatic carbocycles. The van der Waals surface area contributed by atoms with Gasteiger partial charge in [0.25, 0.3) is 0 Å². The molecule has 1 atom stereocenters. The normalized spacial score (nSPS) is 12.5. The summed E-state index contributed by atoms with van der Waals surface area (Å²) >= 11 is 1.68. The van der Waals surface area contributed by atoms with E-state index >= 15 is 0 Å². The molecule has 1 unspecified atom stereocenters. The molecule has 0 saturated heterocycles. The highest BCUT2D eigenvalue weighted by molar-refractivity contribution is 7.17. The number of aliphatic hydroxyl groups excluding tert-OH is 1. The maximum Gasteiger partial charge on any atom is 0.0804 e. The summed E-state index contributed by atoms with van der Waals surface area (Å²) in [6.45, 7) is 0. The van der Waals surface area contributed by atoms with Gasteiger partial charge in [-0.05, 0) is 35.2 Å². The molecule has 2 heteroatoms. The lowest BCUT2D eigenvalue weighted by Crippen LogP contribution is -1.95. The summed E-state index contributed by atoms with van der Waals surface area (Å²) in [7, 11) is 0. The Morgan fingerprint density at radius 1 is 1.38 bits per heavy atom. The summed E-state index contributed by atoms with van der Waals surface area (Å²) in [6, 6.07) is 8.17. The molecule has 16 heavy (non-hydrogen) atoms. The minimum atomic E-state index is -0.385. The lowest BCUT2D eigenvalue weighted by atomic mass is 10.0. The monoisotopic (exact) mass is 230 g/mol. The quantitative estimate of drug-likeness (QED) is 0.626. The summed E-state index contributed by atoms with van der Waals surface area (Å²) < 4.78 is 1.23. The van der Waals surface area contributed by atoms with E-state index in [4.69, 9.17) is 6.42 Å². The molecule has 1 N–H and O–H groups in total. The third-order valence-electron chi connectivity index (χ3n) is 2.67. The van der Waals surface area contributed by atoms with Crippen LogP contribution >= 0.6 is 11.3 Å². The molecule has 0 bridgehead atoms. The Bertz CT molecular complexity index is 507. The van der Waals surface area contributed by atoms with Crippen molar-refractivity contribution in [2.24, 2.45) is 0 Å². The van der Waals surface area contributed by atoms with Crippen molar-refractivity contribution >= 4 is 21.4 Å². The number of rotatable bonds is 4. The molecular formula is C14H14OS. The van der Waals surface area contributed by atoms with Crippen LogP contribution in [0.1, 0.15) is 30.9 Å². The number of fused-ring (bicyclic) bond motifs is 1. The van der Waals surface area contributed by atoms with Crippen molar-refractivity contribution in [2.75, 3.05) is 0 Å². The summed E-state index contributed by atoms with van der Waals surface area (Å²) in [5.41, 5.74) is 1.04. The van der Waals surface area contributed by atoms with Gasteiger partial charge in [-0.25, -0.2) is 0 Å². The van der Waals surface area contributed by atoms with Gasteiger partial charge < -0.3 is 5.11 Å². The number of hydrogen-bond acceptors (Lipinski definition) is 2. The van der Waals surface area contributed by atoms with Gasteiger partial charge in [0.1, 0.15) is 0 Å². The van der Waals surface area contributed by atoms with E-state index < -0.39 is 0 Å². The van der Waals surface area contributed by atoms with Crippen molar-refractivity contribution in [1.82, 2.24) is 0 Å². The lowest BCUT2D eigenvalue weighted by Gasteiger charge is -2.08. The second-order valence-corrected chi connectivity index (χ2v) is 4.71. The van der Waals surface area contributed by atoms with Crippen LogP contribution in [0, 0.1) is 12.3 Å². The zero-order valence-corrected chi connectivity index (χ0v) is 9.83. The fourth-order valence-corrected chi connectivity index (χ4v) is 2.82. The molecule has 82 valence electrons. The Kier molecular flexibility index (Phi) is 3.61. The average Bonchev–Trinajstić information content (AvgIpc) is 2.73. The molecule has 2 rings (SSSR count). The van der Waals surface area contributed by atoms with Gasteiger partial charge in [0, 0.05) is 11.1 Å². The molecule has 0 aliphatic rings. The van der Waals surface area contributed by atoms with E-state index in [-0.39, 0.29) is 6.10 Å². The third-order valence-corrected chi connectivity index (χ3v) is 3.65. The number of benzene rings is 1. The lowest BCUT2D eigenvalue weighted by molar-refractivity contribution is 0.167. The minimum Gasteiger partial charge on any atom is -0.388 e. The van der Waals surface area contributed by atoms with Crippen LogP contribution in [0.4, 0.5) is 0 Å². The Balaban J connectivity index is 2.17. The predicted molar refractivity (Wildman–Crippen MR) is 69.5 cm³/mol. The highest BCUT2D eigenvalue weighted by Crippen LogP contribution is 2.32. The largest absolute Gasteiger partial charge is 0.388 e. The summed E-state index contributed by atoms with van der Waals surface area (Å²) in [6.07, 6.45) is 7.16. The van der Waals surface area contributed by atoms with E-state index in [0.29, 0.717) is 0 Å². The summed E-state index contributed by atoms with van der Waals surface area (Å²) in [4.78, 5) is 0. The second-order valence-electron chi connectivity index (χ2n) is 3.80. The van der Waals surface area contributed by atoms with E-state index in [1.165, 1.54) is 10.1 Å². The SMILES string of the molecule is C#CCCCC(O)c1csc2ccccc12. The zero-order chi connectivity index (χ0) is 11.4. The first-order valence-corrected chi connectivity index (χ1v) is 6.28. The van der Waals surface area contributed by atoms with E-state index in [1.54, 1.807) is 11.3 Å². The number of unbranched alkanes of at least 4 members (excludes halogenated alkanes) is 1. The molecule has 1 aromatic heterocycles. The van der Waals surface area contributed by atoms with Gasteiger partial charge in [0.15, 0.2) is 0 Å². The fourth-order valence-electron chi connectivity index (χ4n) is 1.81. The Morgan fingerprint density at radius 3 is 3.00 bits per heavy atom. The van der Waals surface area contributed by atoms with Crippen molar-refractivity contribution in [1.29, 1.82) is 0 Å². The molecule has 0 radical (unpaired) electrons. The maximum absolute atomic E-state index is 10.1. The first kappa shape index (κ1) is 11.2. The van der Waals surface area contributed by atoms with E-state index in [2.05, 4.69) is 18.1 Å². The Labute approximate surface area is 99.7 Å². The predicted octanol–water partition coefficient (Wildman–Crippen LogP) is 3.74. The van der Waals surface area contributed by atoms with Crippen molar-refractivity contribution < 1.29 is 5.11 Å². The Morgan fingerprint density at radius 2 is 2.19 bits per heavy atom. The summed E-state index contributed by atoms with van der Waals surface area (Å²) in [5, 5.41) is 13.3. The highest BCUT2D eigenvalue weighted by Gasteiger charge is 2.11. The molecule has 1 aromatic carbocycles. The number of hydrogen-bond donors (Lipinski definition) is 1. The van der Waals surface area contributed by atoms with Gasteiger partial charge in [-0.1, -0.05) is 18.2 Å². The minimum absolute atomic E-state index is 0.385. The van der Waals surface area contributed by atoms with Crippen LogP contribution in [0.2, 0.25) is 0 Å². The molecule has 0 aliphatic heterocycles. The molecular weight excluding hydrogens is 216 g/mol. The Hall–Kier alpha value is -1.30. The standard InChI is InChI=1S/C14H14OS/c1-2-3-4-8-13(15)12-10-16-14-9-6-5-7-11(12)14/h1,5-7,9-10,13,15H,3-4,8H2. The van der Waals surface area contributed by atoms with Crippen LogP contribution in [0.5, 0.6) is 0 Å². The zero-order valence-electron chi connectivity index (χ0n) is 9.02. The van der Waals surface area contributed by atoms with Crippen LogP contribution < -0.4 is 0 Å². The highest BCUT2D eigenvalue weighted by atomic mass is 32.1.